The van der Waals surface area contributed by atoms with Gasteiger partial charge in [0.05, 0.1) is 6.61 Å². The highest BCUT2D eigenvalue weighted by Crippen LogP contribution is 2.48. The van der Waals surface area contributed by atoms with Crippen molar-refractivity contribution in [2.75, 3.05) is 6.61 Å². The number of rotatable bonds is 19. The van der Waals surface area contributed by atoms with Crippen molar-refractivity contribution < 1.29 is 27.4 Å². The maximum Gasteiger partial charge on any atom is 0.409 e. The quantitative estimate of drug-likeness (QED) is 0.106. The fourth-order valence-electron chi connectivity index (χ4n) is 4.02. The summed E-state index contributed by atoms with van der Waals surface area (Å²) in [5.74, 6) is -2.03. The Bertz CT molecular complexity index is 960. The van der Waals surface area contributed by atoms with Crippen LogP contribution < -0.4 is 9.61 Å². The number of unbranched alkanes of at least 4 members (excludes halogenated alkanes) is 10. The van der Waals surface area contributed by atoms with E-state index >= 15 is 0 Å². The van der Waals surface area contributed by atoms with Gasteiger partial charge in [0.25, 0.3) is 0 Å². The summed E-state index contributed by atoms with van der Waals surface area (Å²) >= 11 is 6.08. The molecule has 5 nitrogen and oxygen atoms in total. The Labute approximate surface area is 224 Å². The fourth-order valence-corrected chi connectivity index (χ4v) is 5.62. The normalized spacial score (nSPS) is 13.6. The molecule has 0 heterocycles. The van der Waals surface area contributed by atoms with Crippen LogP contribution in [0, 0.1) is 11.6 Å². The van der Waals surface area contributed by atoms with Crippen LogP contribution in [-0.2, 0) is 20.5 Å². The van der Waals surface area contributed by atoms with Crippen molar-refractivity contribution in [3.05, 3.63) is 65.7 Å². The highest BCUT2D eigenvalue weighted by Gasteiger charge is 2.31. The Kier molecular flexibility index (Phi) is 14.8. The summed E-state index contributed by atoms with van der Waals surface area (Å²) in [5.41, 5.74) is 0.193. The molecule has 1 N–H and O–H groups in total. The molecular weight excluding hydrogens is 519 g/mol. The van der Waals surface area contributed by atoms with Gasteiger partial charge in [-0.15, -0.1) is 0 Å². The topological polar surface area (TPSA) is 64.6 Å². The van der Waals surface area contributed by atoms with E-state index in [0.29, 0.717) is 6.42 Å². The molecule has 37 heavy (non-hydrogen) atoms. The third-order valence-corrected chi connectivity index (χ3v) is 7.48. The number of carbonyl (C=O) groups is 1. The minimum absolute atomic E-state index is 0.180. The average Bonchev–Trinajstić information content (AvgIpc) is 2.83. The van der Waals surface area contributed by atoms with Gasteiger partial charge in [0.15, 0.2) is 0 Å². The highest BCUT2D eigenvalue weighted by atomic mass is 35.7. The highest BCUT2D eigenvalue weighted by molar-refractivity contribution is 7.84. The lowest BCUT2D eigenvalue weighted by Crippen LogP contribution is -2.38. The van der Waals surface area contributed by atoms with Gasteiger partial charge in [-0.2, -0.15) is 0 Å². The second kappa shape index (κ2) is 17.5. The number of benzene rings is 2. The van der Waals surface area contributed by atoms with Crippen molar-refractivity contribution in [2.24, 2.45) is 0 Å². The first-order valence-corrected chi connectivity index (χ1v) is 15.8. The number of ether oxygens (including phenoxy) is 1. The minimum atomic E-state index is -4.02. The monoisotopic (exact) mass is 557 g/mol. The molecule has 2 atom stereocenters. The van der Waals surface area contributed by atoms with Crippen molar-refractivity contribution >= 4 is 24.1 Å². The van der Waals surface area contributed by atoms with E-state index in [0.717, 1.165) is 37.5 Å². The van der Waals surface area contributed by atoms with Crippen LogP contribution in [0.3, 0.4) is 0 Å². The molecule has 0 amide bonds. The summed E-state index contributed by atoms with van der Waals surface area (Å²) in [4.78, 5) is 12.8. The lowest BCUT2D eigenvalue weighted by Gasteiger charge is -2.21. The average molecular weight is 558 g/mol. The van der Waals surface area contributed by atoms with Crippen LogP contribution in [0.2, 0.25) is 0 Å². The summed E-state index contributed by atoms with van der Waals surface area (Å²) in [6.07, 6.45) is 12.7. The molecule has 2 aromatic rings. The lowest BCUT2D eigenvalue weighted by molar-refractivity contribution is -0.145. The number of carbonyl (C=O) groups excluding carboxylic acids is 1. The van der Waals surface area contributed by atoms with E-state index in [9.17, 15) is 18.1 Å². The zero-order valence-electron chi connectivity index (χ0n) is 21.6. The molecule has 0 bridgehead atoms. The molecule has 0 spiro atoms. The number of para-hydroxylation sites is 1. The molecule has 0 saturated heterocycles. The second-order valence-electron chi connectivity index (χ2n) is 9.25. The molecular formula is C28H39ClF2NO4P. The predicted molar refractivity (Wildman–Crippen MR) is 145 cm³/mol. The fraction of sp³-hybridized carbons (Fsp3) is 0.536. The first-order chi connectivity index (χ1) is 17.8. The number of halogens is 3. The smallest absolute Gasteiger partial charge is 0.409 e. The van der Waals surface area contributed by atoms with Gasteiger partial charge in [-0.3, -0.25) is 4.79 Å². The Morgan fingerprint density at radius 1 is 0.892 bits per heavy atom. The van der Waals surface area contributed by atoms with Crippen LogP contribution in [0.1, 0.15) is 83.1 Å². The largest absolute Gasteiger partial charge is 0.465 e. The van der Waals surface area contributed by atoms with E-state index in [2.05, 4.69) is 12.0 Å². The van der Waals surface area contributed by atoms with Gasteiger partial charge >= 0.3 is 12.8 Å². The molecule has 2 aromatic carbocycles. The molecule has 9 heteroatoms. The van der Waals surface area contributed by atoms with Crippen molar-refractivity contribution in [2.45, 2.75) is 90.0 Å². The van der Waals surface area contributed by atoms with Crippen LogP contribution in [-0.4, -0.2) is 18.6 Å². The molecule has 0 fully saturated rings. The van der Waals surface area contributed by atoms with Crippen molar-refractivity contribution in [1.29, 1.82) is 0 Å². The third-order valence-electron chi connectivity index (χ3n) is 5.91. The summed E-state index contributed by atoms with van der Waals surface area (Å²) in [7, 11) is 0. The Morgan fingerprint density at radius 3 is 2.00 bits per heavy atom. The van der Waals surface area contributed by atoms with Gasteiger partial charge in [-0.1, -0.05) is 89.3 Å². The number of hydrogen-bond acceptors (Lipinski definition) is 4. The molecule has 0 saturated carbocycles. The summed E-state index contributed by atoms with van der Waals surface area (Å²) < 4.78 is 51.0. The number of nitrogens with one attached hydrogen (secondary N) is 1. The molecule has 0 aliphatic rings. The summed E-state index contributed by atoms with van der Waals surface area (Å²) in [6, 6.07) is 9.98. The molecule has 2 rings (SSSR count). The lowest BCUT2D eigenvalue weighted by atomic mass is 10.1. The van der Waals surface area contributed by atoms with Crippen LogP contribution in [0.4, 0.5) is 8.78 Å². The summed E-state index contributed by atoms with van der Waals surface area (Å²) in [6.45, 7) is -1.61. The second-order valence-corrected chi connectivity index (χ2v) is 12.0. The predicted octanol–water partition coefficient (Wildman–Crippen LogP) is 8.75. The first-order valence-electron chi connectivity index (χ1n) is 13.2. The van der Waals surface area contributed by atoms with E-state index < -0.39 is 30.5 Å². The molecule has 0 radical (unpaired) electrons. The number of hydrogen-bond donors (Lipinski definition) is 1. The van der Waals surface area contributed by atoms with Gasteiger partial charge in [0.2, 0.25) is 0 Å². The van der Waals surface area contributed by atoms with E-state index in [1.807, 2.05) is 0 Å². The first kappa shape index (κ1) is 31.3. The van der Waals surface area contributed by atoms with Crippen molar-refractivity contribution in [3.63, 3.8) is 0 Å². The zero-order chi connectivity index (χ0) is 26.9. The van der Waals surface area contributed by atoms with Gasteiger partial charge in [-0.05, 0) is 42.7 Å². The molecule has 0 aliphatic carbocycles. The standard InChI is InChI=1S/C28H39ClF2NO4P/c1-2-3-4-5-6-7-8-9-10-11-15-18-35-28(33)27(21-23-19-24(30)22-25(31)20-23)32-37(29,34)36-26-16-13-12-14-17-26/h12-14,16-17,19-20,22,27H,2-11,15,18,21H2,1H3,(H,32,34)/t27-,37?/m0/s1. The van der Waals surface area contributed by atoms with E-state index in [1.54, 1.807) is 30.3 Å². The van der Waals surface area contributed by atoms with Gasteiger partial charge < -0.3 is 9.26 Å². The van der Waals surface area contributed by atoms with Gasteiger partial charge in [0.1, 0.15) is 23.4 Å². The maximum absolute atomic E-state index is 13.7. The van der Waals surface area contributed by atoms with Gasteiger partial charge in [0, 0.05) is 17.3 Å². The zero-order valence-corrected chi connectivity index (χ0v) is 23.3. The van der Waals surface area contributed by atoms with Crippen LogP contribution in [0.5, 0.6) is 5.75 Å². The Morgan fingerprint density at radius 2 is 1.43 bits per heavy atom. The SMILES string of the molecule is CCCCCCCCCCCCCOC(=O)[C@H](Cc1cc(F)cc(F)c1)NP(=O)(Cl)Oc1ccccc1. The van der Waals surface area contributed by atoms with Crippen LogP contribution in [0.15, 0.2) is 48.5 Å². The molecule has 1 unspecified atom stereocenters. The summed E-state index contributed by atoms with van der Waals surface area (Å²) in [5, 5.41) is 2.50. The van der Waals surface area contributed by atoms with Gasteiger partial charge in [-0.25, -0.2) is 18.4 Å². The van der Waals surface area contributed by atoms with E-state index in [4.69, 9.17) is 20.5 Å². The molecule has 0 aliphatic heterocycles. The van der Waals surface area contributed by atoms with Crippen molar-refractivity contribution in [1.82, 2.24) is 5.09 Å². The Hall–Kier alpha value is -1.95. The molecule has 206 valence electrons. The number of esters is 1. The maximum atomic E-state index is 13.7. The third kappa shape index (κ3) is 14.0. The van der Waals surface area contributed by atoms with Crippen LogP contribution >= 0.6 is 18.1 Å². The van der Waals surface area contributed by atoms with Crippen molar-refractivity contribution in [3.8, 4) is 5.75 Å². The Balaban J connectivity index is 1.82. The minimum Gasteiger partial charge on any atom is -0.465 e. The van der Waals surface area contributed by atoms with E-state index in [-0.39, 0.29) is 24.3 Å². The molecule has 0 aromatic heterocycles. The van der Waals surface area contributed by atoms with E-state index in [1.165, 1.54) is 44.9 Å². The van der Waals surface area contributed by atoms with Crippen LogP contribution in [0.25, 0.3) is 0 Å².